The normalized spacial score (nSPS) is 10.6. The Balaban J connectivity index is 1.86. The Morgan fingerprint density at radius 2 is 2.00 bits per heavy atom. The van der Waals surface area contributed by atoms with E-state index in [0.29, 0.717) is 16.7 Å². The van der Waals surface area contributed by atoms with Crippen molar-refractivity contribution in [3.63, 3.8) is 0 Å². The quantitative estimate of drug-likeness (QED) is 0.543. The van der Waals surface area contributed by atoms with Crippen LogP contribution in [-0.4, -0.2) is 13.1 Å². The number of rotatable bonds is 4. The highest BCUT2D eigenvalue weighted by atomic mass is 19.1. The molecule has 0 unspecified atom stereocenters. The second kappa shape index (κ2) is 6.54. The monoisotopic (exact) mass is 328 g/mol. The minimum atomic E-state index is -0.781. The number of benzene rings is 2. The van der Waals surface area contributed by atoms with E-state index in [1.165, 1.54) is 31.4 Å². The van der Waals surface area contributed by atoms with Crippen LogP contribution in [0, 0.1) is 5.82 Å². The standard InChI is InChI=1S/C18H13FO5/c1-22-17(20)15-8-12-5-6-14(9-16(12)24-18(15)21)23-10-11-3-2-4-13(19)7-11/h2-9H,10H2,1H3. The summed E-state index contributed by atoms with van der Waals surface area (Å²) < 4.78 is 28.4. The number of hydrogen-bond acceptors (Lipinski definition) is 5. The third kappa shape index (κ3) is 3.27. The highest BCUT2D eigenvalue weighted by Crippen LogP contribution is 2.21. The average molecular weight is 328 g/mol. The minimum Gasteiger partial charge on any atom is -0.489 e. The lowest BCUT2D eigenvalue weighted by Crippen LogP contribution is -2.14. The third-order valence-corrected chi connectivity index (χ3v) is 3.41. The van der Waals surface area contributed by atoms with Gasteiger partial charge in [0.15, 0.2) is 0 Å². The van der Waals surface area contributed by atoms with Gasteiger partial charge >= 0.3 is 11.6 Å². The van der Waals surface area contributed by atoms with Gasteiger partial charge in [-0.25, -0.2) is 14.0 Å². The molecule has 3 aromatic rings. The predicted molar refractivity (Wildman–Crippen MR) is 84.6 cm³/mol. The summed E-state index contributed by atoms with van der Waals surface area (Å²) >= 11 is 0. The van der Waals surface area contributed by atoms with Crippen molar-refractivity contribution in [3.8, 4) is 5.75 Å². The molecule has 2 aromatic carbocycles. The molecule has 0 bridgehead atoms. The second-order valence-electron chi connectivity index (χ2n) is 5.06. The maximum atomic E-state index is 13.1. The smallest absolute Gasteiger partial charge is 0.351 e. The lowest BCUT2D eigenvalue weighted by Gasteiger charge is -2.07. The number of hydrogen-bond donors (Lipinski definition) is 0. The fourth-order valence-corrected chi connectivity index (χ4v) is 2.23. The van der Waals surface area contributed by atoms with Gasteiger partial charge < -0.3 is 13.9 Å². The highest BCUT2D eigenvalue weighted by Gasteiger charge is 2.14. The summed E-state index contributed by atoms with van der Waals surface area (Å²) in [6, 6.07) is 12.3. The molecule has 5 nitrogen and oxygen atoms in total. The summed E-state index contributed by atoms with van der Waals surface area (Å²) in [5, 5.41) is 0.563. The molecule has 0 fully saturated rings. The highest BCUT2D eigenvalue weighted by molar-refractivity contribution is 5.92. The first-order chi connectivity index (χ1) is 11.6. The molecule has 0 spiro atoms. The van der Waals surface area contributed by atoms with Crippen LogP contribution in [0.1, 0.15) is 15.9 Å². The molecule has 0 saturated heterocycles. The summed E-state index contributed by atoms with van der Waals surface area (Å²) in [6.07, 6.45) is 0. The van der Waals surface area contributed by atoms with Crippen molar-refractivity contribution >= 4 is 16.9 Å². The van der Waals surface area contributed by atoms with E-state index in [1.807, 2.05) is 0 Å². The van der Waals surface area contributed by atoms with Gasteiger partial charge in [-0.15, -0.1) is 0 Å². The number of ether oxygens (including phenoxy) is 2. The van der Waals surface area contributed by atoms with Gasteiger partial charge in [-0.2, -0.15) is 0 Å². The summed E-state index contributed by atoms with van der Waals surface area (Å²) in [7, 11) is 1.19. The number of carbonyl (C=O) groups is 1. The Kier molecular flexibility index (Phi) is 4.29. The van der Waals surface area contributed by atoms with E-state index in [0.717, 1.165) is 0 Å². The van der Waals surface area contributed by atoms with Gasteiger partial charge in [-0.1, -0.05) is 12.1 Å². The van der Waals surface area contributed by atoms with Gasteiger partial charge in [0.1, 0.15) is 29.3 Å². The van der Waals surface area contributed by atoms with Crippen molar-refractivity contribution in [1.29, 1.82) is 0 Å². The van der Waals surface area contributed by atoms with E-state index in [1.54, 1.807) is 24.3 Å². The van der Waals surface area contributed by atoms with Crippen molar-refractivity contribution < 1.29 is 23.1 Å². The van der Waals surface area contributed by atoms with E-state index in [4.69, 9.17) is 9.15 Å². The number of methoxy groups -OCH3 is 1. The van der Waals surface area contributed by atoms with Crippen LogP contribution in [-0.2, 0) is 11.3 Å². The molecule has 0 N–H and O–H groups in total. The van der Waals surface area contributed by atoms with Crippen LogP contribution in [0.25, 0.3) is 11.0 Å². The van der Waals surface area contributed by atoms with Gasteiger partial charge in [0.05, 0.1) is 7.11 Å². The van der Waals surface area contributed by atoms with Crippen LogP contribution in [0.3, 0.4) is 0 Å². The number of esters is 1. The average Bonchev–Trinajstić information content (AvgIpc) is 2.58. The van der Waals surface area contributed by atoms with E-state index in [2.05, 4.69) is 4.74 Å². The van der Waals surface area contributed by atoms with Gasteiger partial charge in [-0.05, 0) is 35.9 Å². The molecule has 0 amide bonds. The maximum absolute atomic E-state index is 13.1. The molecule has 1 heterocycles. The first kappa shape index (κ1) is 15.7. The van der Waals surface area contributed by atoms with Gasteiger partial charge in [0, 0.05) is 11.5 Å². The molecular weight excluding hydrogens is 315 g/mol. The molecular formula is C18H13FO5. The van der Waals surface area contributed by atoms with Crippen LogP contribution >= 0.6 is 0 Å². The topological polar surface area (TPSA) is 65.7 Å². The number of halogens is 1. The predicted octanol–water partition coefficient (Wildman–Crippen LogP) is 3.30. The Bertz CT molecular complexity index is 961. The van der Waals surface area contributed by atoms with Crippen LogP contribution in [0.5, 0.6) is 5.75 Å². The fraction of sp³-hybridized carbons (Fsp3) is 0.111. The molecule has 122 valence electrons. The van der Waals surface area contributed by atoms with Crippen molar-refractivity contribution in [2.45, 2.75) is 6.61 Å². The lowest BCUT2D eigenvalue weighted by atomic mass is 10.2. The lowest BCUT2D eigenvalue weighted by molar-refractivity contribution is 0.0596. The van der Waals surface area contributed by atoms with E-state index < -0.39 is 11.6 Å². The van der Waals surface area contributed by atoms with Crippen molar-refractivity contribution in [3.05, 3.63) is 75.9 Å². The fourth-order valence-electron chi connectivity index (χ4n) is 2.23. The summed E-state index contributed by atoms with van der Waals surface area (Å²) in [5.74, 6) is -0.631. The Morgan fingerprint density at radius 1 is 1.17 bits per heavy atom. The number of fused-ring (bicyclic) bond motifs is 1. The zero-order chi connectivity index (χ0) is 17.1. The van der Waals surface area contributed by atoms with Crippen LogP contribution in [0.15, 0.2) is 57.7 Å². The summed E-state index contributed by atoms with van der Waals surface area (Å²) in [6.45, 7) is 0.174. The van der Waals surface area contributed by atoms with Gasteiger partial charge in [-0.3, -0.25) is 0 Å². The summed E-state index contributed by atoms with van der Waals surface area (Å²) in [5.41, 5.74) is 0.0112. The first-order valence-electron chi connectivity index (χ1n) is 7.10. The Morgan fingerprint density at radius 3 is 2.75 bits per heavy atom. The van der Waals surface area contributed by atoms with Crippen molar-refractivity contribution in [2.75, 3.05) is 7.11 Å². The van der Waals surface area contributed by atoms with Crippen molar-refractivity contribution in [1.82, 2.24) is 0 Å². The van der Waals surface area contributed by atoms with E-state index >= 15 is 0 Å². The summed E-state index contributed by atoms with van der Waals surface area (Å²) in [4.78, 5) is 23.3. The van der Waals surface area contributed by atoms with Crippen LogP contribution < -0.4 is 10.4 Å². The molecule has 0 radical (unpaired) electrons. The Hall–Kier alpha value is -3.15. The maximum Gasteiger partial charge on any atom is 0.351 e. The molecule has 0 aliphatic rings. The molecule has 0 aliphatic heterocycles. The molecule has 0 atom stereocenters. The third-order valence-electron chi connectivity index (χ3n) is 3.41. The zero-order valence-corrected chi connectivity index (χ0v) is 12.7. The van der Waals surface area contributed by atoms with Crippen molar-refractivity contribution in [2.24, 2.45) is 0 Å². The molecule has 0 aliphatic carbocycles. The SMILES string of the molecule is COC(=O)c1cc2ccc(OCc3cccc(F)c3)cc2oc1=O. The van der Waals surface area contributed by atoms with Crippen LogP contribution in [0.2, 0.25) is 0 Å². The van der Waals surface area contributed by atoms with Crippen LogP contribution in [0.4, 0.5) is 4.39 Å². The molecule has 24 heavy (non-hydrogen) atoms. The Labute approximate surface area is 136 Å². The first-order valence-corrected chi connectivity index (χ1v) is 7.10. The molecule has 1 aromatic heterocycles. The molecule has 3 rings (SSSR count). The van der Waals surface area contributed by atoms with Gasteiger partial charge in [0.2, 0.25) is 0 Å². The molecule has 6 heteroatoms. The molecule has 0 saturated carbocycles. The minimum absolute atomic E-state index is 0.168. The largest absolute Gasteiger partial charge is 0.489 e. The van der Waals surface area contributed by atoms with E-state index in [9.17, 15) is 14.0 Å². The van der Waals surface area contributed by atoms with E-state index in [-0.39, 0.29) is 23.6 Å². The van der Waals surface area contributed by atoms with Gasteiger partial charge in [0.25, 0.3) is 0 Å². The second-order valence-corrected chi connectivity index (χ2v) is 5.06. The zero-order valence-electron chi connectivity index (χ0n) is 12.7. The number of carbonyl (C=O) groups excluding carboxylic acids is 1.